The van der Waals surface area contributed by atoms with E-state index >= 15 is 0 Å². The minimum Gasteiger partial charge on any atom is -0.508 e. The fraction of sp³-hybridized carbons (Fsp3) is 0. The Morgan fingerprint density at radius 3 is 2.26 bits per heavy atom. The highest BCUT2D eigenvalue weighted by Crippen LogP contribution is 2.16. The van der Waals surface area contributed by atoms with Crippen LogP contribution in [-0.2, 0) is 0 Å². The van der Waals surface area contributed by atoms with Crippen molar-refractivity contribution in [1.29, 1.82) is 0 Å². The van der Waals surface area contributed by atoms with Gasteiger partial charge in [0.05, 0.1) is 11.3 Å². The van der Waals surface area contributed by atoms with Gasteiger partial charge in [-0.15, -0.1) is 0 Å². The number of amides is 2. The molecule has 0 bridgehead atoms. The molecule has 0 spiro atoms. The van der Waals surface area contributed by atoms with Gasteiger partial charge >= 0.3 is 0 Å². The Labute approximate surface area is 109 Å². The summed E-state index contributed by atoms with van der Waals surface area (Å²) in [6, 6.07) is 12.3. The van der Waals surface area contributed by atoms with Crippen molar-refractivity contribution >= 4 is 17.5 Å². The zero-order chi connectivity index (χ0) is 13.8. The van der Waals surface area contributed by atoms with Gasteiger partial charge in [-0.3, -0.25) is 9.59 Å². The van der Waals surface area contributed by atoms with E-state index in [1.165, 1.54) is 30.3 Å². The van der Waals surface area contributed by atoms with Crippen molar-refractivity contribution in [3.63, 3.8) is 0 Å². The van der Waals surface area contributed by atoms with Gasteiger partial charge in [0, 0.05) is 5.56 Å². The van der Waals surface area contributed by atoms with Crippen LogP contribution >= 0.6 is 0 Å². The van der Waals surface area contributed by atoms with Crippen LogP contribution in [0.25, 0.3) is 0 Å². The van der Waals surface area contributed by atoms with Crippen molar-refractivity contribution in [3.05, 3.63) is 59.7 Å². The Bertz CT molecular complexity index is 621. The highest BCUT2D eigenvalue weighted by molar-refractivity contribution is 6.08. The Morgan fingerprint density at radius 1 is 1.00 bits per heavy atom. The van der Waals surface area contributed by atoms with Gasteiger partial charge in [0.25, 0.3) is 11.8 Å². The number of nitrogens with two attached hydrogens (primary N) is 1. The number of primary amides is 1. The molecule has 0 aromatic heterocycles. The molecule has 0 aliphatic heterocycles. The molecule has 0 aliphatic rings. The summed E-state index contributed by atoms with van der Waals surface area (Å²) < 4.78 is 0. The van der Waals surface area contributed by atoms with E-state index in [4.69, 9.17) is 10.8 Å². The summed E-state index contributed by atoms with van der Waals surface area (Å²) >= 11 is 0. The van der Waals surface area contributed by atoms with Crippen LogP contribution in [0.1, 0.15) is 20.7 Å². The molecule has 0 aliphatic carbocycles. The van der Waals surface area contributed by atoms with Crippen LogP contribution in [-0.4, -0.2) is 16.9 Å². The number of anilines is 1. The number of phenols is 1. The normalized spacial score (nSPS) is 9.89. The molecular formula is C14H12N2O3. The maximum absolute atomic E-state index is 12.0. The van der Waals surface area contributed by atoms with Crippen molar-refractivity contribution in [2.75, 3.05) is 5.32 Å². The first-order valence-corrected chi connectivity index (χ1v) is 5.57. The molecule has 0 radical (unpaired) electrons. The number of carbonyl (C=O) groups excluding carboxylic acids is 2. The van der Waals surface area contributed by atoms with E-state index in [-0.39, 0.29) is 17.2 Å². The zero-order valence-corrected chi connectivity index (χ0v) is 9.96. The van der Waals surface area contributed by atoms with Crippen LogP contribution in [0.2, 0.25) is 0 Å². The molecule has 19 heavy (non-hydrogen) atoms. The van der Waals surface area contributed by atoms with E-state index in [0.29, 0.717) is 11.3 Å². The lowest BCUT2D eigenvalue weighted by Gasteiger charge is -2.08. The summed E-state index contributed by atoms with van der Waals surface area (Å²) in [4.78, 5) is 23.2. The minimum atomic E-state index is -0.610. The van der Waals surface area contributed by atoms with E-state index < -0.39 is 5.91 Å². The highest BCUT2D eigenvalue weighted by Gasteiger charge is 2.11. The quantitative estimate of drug-likeness (QED) is 0.781. The molecule has 5 nitrogen and oxygen atoms in total. The van der Waals surface area contributed by atoms with Crippen molar-refractivity contribution in [3.8, 4) is 5.75 Å². The van der Waals surface area contributed by atoms with Gasteiger partial charge in [0.1, 0.15) is 5.75 Å². The topological polar surface area (TPSA) is 92.4 Å². The van der Waals surface area contributed by atoms with E-state index in [0.717, 1.165) is 0 Å². The SMILES string of the molecule is NC(=O)c1ccccc1NC(=O)c1ccc(O)cc1. The molecule has 2 rings (SSSR count). The van der Waals surface area contributed by atoms with E-state index in [1.54, 1.807) is 18.2 Å². The summed E-state index contributed by atoms with van der Waals surface area (Å²) in [6.07, 6.45) is 0. The Hall–Kier alpha value is -2.82. The molecule has 96 valence electrons. The Balaban J connectivity index is 2.24. The summed E-state index contributed by atoms with van der Waals surface area (Å²) in [7, 11) is 0. The molecule has 2 amide bonds. The number of para-hydroxylation sites is 1. The molecule has 0 fully saturated rings. The van der Waals surface area contributed by atoms with Crippen LogP contribution in [0.3, 0.4) is 0 Å². The second kappa shape index (κ2) is 5.22. The van der Waals surface area contributed by atoms with Gasteiger partial charge < -0.3 is 16.2 Å². The van der Waals surface area contributed by atoms with Gasteiger partial charge in [0.2, 0.25) is 0 Å². The second-order valence-electron chi connectivity index (χ2n) is 3.91. The molecule has 2 aromatic rings. The highest BCUT2D eigenvalue weighted by atomic mass is 16.3. The van der Waals surface area contributed by atoms with Gasteiger partial charge in [-0.2, -0.15) is 0 Å². The lowest BCUT2D eigenvalue weighted by molar-refractivity contribution is 0.100. The summed E-state index contributed by atoms with van der Waals surface area (Å²) in [5, 5.41) is 11.8. The lowest BCUT2D eigenvalue weighted by atomic mass is 10.1. The smallest absolute Gasteiger partial charge is 0.255 e. The summed E-state index contributed by atoms with van der Waals surface area (Å²) in [5.74, 6) is -0.913. The van der Waals surface area contributed by atoms with Gasteiger partial charge in [-0.05, 0) is 36.4 Å². The van der Waals surface area contributed by atoms with E-state index in [1.807, 2.05) is 0 Å². The third kappa shape index (κ3) is 2.90. The number of carbonyl (C=O) groups is 2. The third-order valence-corrected chi connectivity index (χ3v) is 2.57. The maximum atomic E-state index is 12.0. The third-order valence-electron chi connectivity index (χ3n) is 2.57. The average molecular weight is 256 g/mol. The number of benzene rings is 2. The molecule has 0 saturated carbocycles. The first-order valence-electron chi connectivity index (χ1n) is 5.57. The lowest BCUT2D eigenvalue weighted by Crippen LogP contribution is -2.18. The van der Waals surface area contributed by atoms with E-state index in [9.17, 15) is 9.59 Å². The van der Waals surface area contributed by atoms with Crippen LogP contribution in [0.5, 0.6) is 5.75 Å². The largest absolute Gasteiger partial charge is 0.508 e. The van der Waals surface area contributed by atoms with Gasteiger partial charge in [-0.1, -0.05) is 12.1 Å². The number of nitrogens with one attached hydrogen (secondary N) is 1. The monoisotopic (exact) mass is 256 g/mol. The standard InChI is InChI=1S/C14H12N2O3/c15-13(18)11-3-1-2-4-12(11)16-14(19)9-5-7-10(17)8-6-9/h1-8,17H,(H2,15,18)(H,16,19). The number of phenolic OH excluding ortho intramolecular Hbond substituents is 1. The molecule has 0 saturated heterocycles. The average Bonchev–Trinajstić information content (AvgIpc) is 2.39. The number of hydrogen-bond acceptors (Lipinski definition) is 3. The molecular weight excluding hydrogens is 244 g/mol. The van der Waals surface area contributed by atoms with Crippen molar-refractivity contribution in [1.82, 2.24) is 0 Å². The van der Waals surface area contributed by atoms with Gasteiger partial charge in [-0.25, -0.2) is 0 Å². The van der Waals surface area contributed by atoms with Crippen molar-refractivity contribution in [2.24, 2.45) is 5.73 Å². The summed E-state index contributed by atoms with van der Waals surface area (Å²) in [6.45, 7) is 0. The predicted molar refractivity (Wildman–Crippen MR) is 71.0 cm³/mol. The van der Waals surface area contributed by atoms with Crippen LogP contribution in [0, 0.1) is 0 Å². The first kappa shape index (κ1) is 12.6. The number of hydrogen-bond donors (Lipinski definition) is 3. The second-order valence-corrected chi connectivity index (χ2v) is 3.91. The van der Waals surface area contributed by atoms with Crippen LogP contribution in [0.15, 0.2) is 48.5 Å². The number of rotatable bonds is 3. The molecule has 0 unspecified atom stereocenters. The molecule has 0 atom stereocenters. The van der Waals surface area contributed by atoms with Gasteiger partial charge in [0.15, 0.2) is 0 Å². The zero-order valence-electron chi connectivity index (χ0n) is 9.96. The molecule has 4 N–H and O–H groups in total. The fourth-order valence-electron chi connectivity index (χ4n) is 1.61. The van der Waals surface area contributed by atoms with Crippen molar-refractivity contribution < 1.29 is 14.7 Å². The molecule has 2 aromatic carbocycles. The van der Waals surface area contributed by atoms with Crippen LogP contribution in [0.4, 0.5) is 5.69 Å². The Kier molecular flexibility index (Phi) is 3.47. The molecule has 5 heteroatoms. The van der Waals surface area contributed by atoms with Crippen LogP contribution < -0.4 is 11.1 Å². The first-order chi connectivity index (χ1) is 9.08. The number of aromatic hydroxyl groups is 1. The predicted octanol–water partition coefficient (Wildman–Crippen LogP) is 1.74. The fourth-order valence-corrected chi connectivity index (χ4v) is 1.61. The van der Waals surface area contributed by atoms with Crippen molar-refractivity contribution in [2.45, 2.75) is 0 Å². The minimum absolute atomic E-state index is 0.0779. The summed E-state index contributed by atoms with van der Waals surface area (Å²) in [5.41, 5.74) is 6.20. The maximum Gasteiger partial charge on any atom is 0.255 e. The van der Waals surface area contributed by atoms with E-state index in [2.05, 4.69) is 5.32 Å². The molecule has 0 heterocycles. The Morgan fingerprint density at radius 2 is 1.63 bits per heavy atom.